The van der Waals surface area contributed by atoms with Gasteiger partial charge in [-0.05, 0) is 38.7 Å². The van der Waals surface area contributed by atoms with E-state index in [1.807, 2.05) is 23.1 Å². The van der Waals surface area contributed by atoms with Crippen LogP contribution in [0.3, 0.4) is 0 Å². The third-order valence-electron chi connectivity index (χ3n) is 4.55. The Bertz CT molecular complexity index is 384. The molecule has 1 aromatic heterocycles. The van der Waals surface area contributed by atoms with Crippen molar-refractivity contribution in [2.24, 2.45) is 0 Å². The maximum absolute atomic E-state index is 6.09. The number of aromatic nitrogens is 2. The fourth-order valence-corrected chi connectivity index (χ4v) is 3.68. The lowest BCUT2D eigenvalue weighted by atomic mass is 9.88. The third-order valence-corrected chi connectivity index (χ3v) is 4.55. The molecule has 1 aliphatic carbocycles. The molecular weight excluding hydrogens is 238 g/mol. The van der Waals surface area contributed by atoms with Gasteiger partial charge in [0.25, 0.3) is 0 Å². The van der Waals surface area contributed by atoms with E-state index in [9.17, 15) is 0 Å². The van der Waals surface area contributed by atoms with Crippen LogP contribution in [0.2, 0.25) is 0 Å². The zero-order valence-corrected chi connectivity index (χ0v) is 11.8. The lowest BCUT2D eigenvalue weighted by Crippen LogP contribution is -2.48. The summed E-state index contributed by atoms with van der Waals surface area (Å²) in [5, 5.41) is 8.04. The quantitative estimate of drug-likeness (QED) is 0.906. The molecule has 106 valence electrons. The molecule has 0 aromatic carbocycles. The summed E-state index contributed by atoms with van der Waals surface area (Å²) < 4.78 is 8.09. The van der Waals surface area contributed by atoms with Crippen molar-refractivity contribution in [3.63, 3.8) is 0 Å². The Morgan fingerprint density at radius 3 is 3.05 bits per heavy atom. The Kier molecular flexibility index (Phi) is 3.89. The Morgan fingerprint density at radius 1 is 1.47 bits per heavy atom. The normalized spacial score (nSPS) is 27.7. The molecule has 4 nitrogen and oxygen atoms in total. The van der Waals surface area contributed by atoms with Gasteiger partial charge in [-0.1, -0.05) is 12.8 Å². The van der Waals surface area contributed by atoms with E-state index >= 15 is 0 Å². The zero-order valence-electron chi connectivity index (χ0n) is 11.8. The molecule has 2 unspecified atom stereocenters. The van der Waals surface area contributed by atoms with E-state index in [2.05, 4.69) is 17.3 Å². The molecule has 19 heavy (non-hydrogen) atoms. The first-order valence-corrected chi connectivity index (χ1v) is 7.63. The van der Waals surface area contributed by atoms with E-state index in [0.717, 1.165) is 19.6 Å². The number of nitrogens with zero attached hydrogens (tertiary/aromatic N) is 2. The first-order valence-electron chi connectivity index (χ1n) is 7.63. The molecule has 4 heteroatoms. The average molecular weight is 263 g/mol. The Morgan fingerprint density at radius 2 is 2.32 bits per heavy atom. The van der Waals surface area contributed by atoms with Crippen molar-refractivity contribution in [2.75, 3.05) is 6.61 Å². The van der Waals surface area contributed by atoms with E-state index in [1.54, 1.807) is 0 Å². The number of hydrogen-bond acceptors (Lipinski definition) is 3. The van der Waals surface area contributed by atoms with Crippen molar-refractivity contribution < 1.29 is 4.74 Å². The highest BCUT2D eigenvalue weighted by molar-refractivity contribution is 4.94. The van der Waals surface area contributed by atoms with Crippen LogP contribution < -0.4 is 5.32 Å². The van der Waals surface area contributed by atoms with Crippen molar-refractivity contribution in [1.82, 2.24) is 15.1 Å². The number of ether oxygens (including phenoxy) is 1. The third kappa shape index (κ3) is 3.18. The Labute approximate surface area is 115 Å². The molecule has 2 atom stereocenters. The lowest BCUT2D eigenvalue weighted by Gasteiger charge is -2.39. The largest absolute Gasteiger partial charge is 0.375 e. The molecule has 3 rings (SSSR count). The first kappa shape index (κ1) is 13.1. The van der Waals surface area contributed by atoms with E-state index in [0.29, 0.717) is 12.1 Å². The van der Waals surface area contributed by atoms with Gasteiger partial charge < -0.3 is 10.1 Å². The van der Waals surface area contributed by atoms with Crippen LogP contribution in [-0.2, 0) is 11.3 Å². The van der Waals surface area contributed by atoms with E-state index in [4.69, 9.17) is 4.74 Å². The van der Waals surface area contributed by atoms with Gasteiger partial charge in [-0.2, -0.15) is 5.10 Å². The second kappa shape index (κ2) is 5.63. The predicted octanol–water partition coefficient (Wildman–Crippen LogP) is 2.35. The summed E-state index contributed by atoms with van der Waals surface area (Å²) in [6.45, 7) is 4.11. The Hall–Kier alpha value is -0.870. The van der Waals surface area contributed by atoms with Crippen molar-refractivity contribution in [2.45, 2.75) is 69.7 Å². The van der Waals surface area contributed by atoms with Crippen LogP contribution in [0.4, 0.5) is 0 Å². The summed E-state index contributed by atoms with van der Waals surface area (Å²) >= 11 is 0. The summed E-state index contributed by atoms with van der Waals surface area (Å²) in [7, 11) is 0. The highest BCUT2D eigenvalue weighted by Crippen LogP contribution is 2.40. The smallest absolute Gasteiger partial charge is 0.0697 e. The zero-order chi connectivity index (χ0) is 13.1. The highest BCUT2D eigenvalue weighted by atomic mass is 16.5. The topological polar surface area (TPSA) is 39.1 Å². The summed E-state index contributed by atoms with van der Waals surface area (Å²) in [5.74, 6) is 0. The van der Waals surface area contributed by atoms with Gasteiger partial charge in [0.2, 0.25) is 0 Å². The summed E-state index contributed by atoms with van der Waals surface area (Å²) in [5.41, 5.74) is 0.210. The fraction of sp³-hybridized carbons (Fsp3) is 0.800. The van der Waals surface area contributed by atoms with Crippen LogP contribution in [0.5, 0.6) is 0 Å². The number of nitrogens with one attached hydrogen (secondary N) is 1. The van der Waals surface area contributed by atoms with Gasteiger partial charge in [-0.3, -0.25) is 4.68 Å². The van der Waals surface area contributed by atoms with Gasteiger partial charge in [0, 0.05) is 31.1 Å². The van der Waals surface area contributed by atoms with Gasteiger partial charge >= 0.3 is 0 Å². The predicted molar refractivity (Wildman–Crippen MR) is 75.0 cm³/mol. The second-order valence-corrected chi connectivity index (χ2v) is 6.22. The van der Waals surface area contributed by atoms with Crippen LogP contribution in [0.15, 0.2) is 18.5 Å². The SMILES string of the molecule is CC(Cn1cccn1)NC1CCOC2(CCCC2)C1. The molecule has 2 fully saturated rings. The number of hydrogen-bond donors (Lipinski definition) is 1. The van der Waals surface area contributed by atoms with Crippen molar-refractivity contribution >= 4 is 0 Å². The lowest BCUT2D eigenvalue weighted by molar-refractivity contribution is -0.0847. The highest BCUT2D eigenvalue weighted by Gasteiger charge is 2.39. The van der Waals surface area contributed by atoms with Crippen molar-refractivity contribution in [3.05, 3.63) is 18.5 Å². The summed E-state index contributed by atoms with van der Waals surface area (Å²) in [6, 6.07) is 3.05. The molecule has 2 heterocycles. The van der Waals surface area contributed by atoms with Crippen molar-refractivity contribution in [1.29, 1.82) is 0 Å². The van der Waals surface area contributed by atoms with Crippen molar-refractivity contribution in [3.8, 4) is 0 Å². The molecule has 1 saturated heterocycles. The van der Waals surface area contributed by atoms with Gasteiger partial charge in [0.15, 0.2) is 0 Å². The van der Waals surface area contributed by atoms with Crippen LogP contribution in [0.1, 0.15) is 45.4 Å². The molecule has 1 spiro atoms. The van der Waals surface area contributed by atoms with Gasteiger partial charge in [-0.25, -0.2) is 0 Å². The molecule has 2 aliphatic rings. The van der Waals surface area contributed by atoms with Crippen LogP contribution in [0, 0.1) is 0 Å². The average Bonchev–Trinajstić information content (AvgIpc) is 3.02. The minimum Gasteiger partial charge on any atom is -0.375 e. The molecule has 0 amide bonds. The molecule has 1 aliphatic heterocycles. The summed E-state index contributed by atoms with van der Waals surface area (Å²) in [6.07, 6.45) is 11.4. The molecule has 1 N–H and O–H groups in total. The first-order chi connectivity index (χ1) is 9.26. The van der Waals surface area contributed by atoms with E-state index in [1.165, 1.54) is 32.1 Å². The van der Waals surface area contributed by atoms with Crippen LogP contribution >= 0.6 is 0 Å². The molecular formula is C15H25N3O. The van der Waals surface area contributed by atoms with E-state index < -0.39 is 0 Å². The van der Waals surface area contributed by atoms with Crippen LogP contribution in [0.25, 0.3) is 0 Å². The maximum atomic E-state index is 6.09. The second-order valence-electron chi connectivity index (χ2n) is 6.22. The fourth-order valence-electron chi connectivity index (χ4n) is 3.68. The maximum Gasteiger partial charge on any atom is 0.0697 e. The minimum absolute atomic E-state index is 0.210. The molecule has 1 saturated carbocycles. The van der Waals surface area contributed by atoms with Gasteiger partial charge in [0.05, 0.1) is 12.1 Å². The Balaban J connectivity index is 1.51. The molecule has 1 aromatic rings. The van der Waals surface area contributed by atoms with Gasteiger partial charge in [0.1, 0.15) is 0 Å². The monoisotopic (exact) mass is 263 g/mol. The molecule has 0 radical (unpaired) electrons. The van der Waals surface area contributed by atoms with E-state index in [-0.39, 0.29) is 5.60 Å². The van der Waals surface area contributed by atoms with Gasteiger partial charge in [-0.15, -0.1) is 0 Å². The molecule has 0 bridgehead atoms. The summed E-state index contributed by atoms with van der Waals surface area (Å²) in [4.78, 5) is 0. The van der Waals surface area contributed by atoms with Crippen LogP contribution in [-0.4, -0.2) is 34.1 Å². The standard InChI is InChI=1S/C15H25N3O/c1-13(12-18-9-4-8-16-18)17-14-5-10-19-15(11-14)6-2-3-7-15/h4,8-9,13-14,17H,2-3,5-7,10-12H2,1H3. The minimum atomic E-state index is 0.210. The number of rotatable bonds is 4.